The topological polar surface area (TPSA) is 0 Å². The lowest BCUT2D eigenvalue weighted by Crippen LogP contribution is -1.62. The highest BCUT2D eigenvalue weighted by atomic mass is 13.8. The molecule has 1 rings (SSSR count). The Kier molecular flexibility index (Phi) is 4.70. The van der Waals surface area contributed by atoms with Crippen molar-refractivity contribution in [2.45, 2.75) is 12.8 Å². The van der Waals surface area contributed by atoms with Gasteiger partial charge in [0.2, 0.25) is 0 Å². The normalized spacial score (nSPS) is 28.0. The number of hydrogen-bond donors (Lipinski definition) is 0. The van der Waals surface area contributed by atoms with Crippen LogP contribution in [0.3, 0.4) is 0 Å². The Morgan fingerprint density at radius 3 is 1.33 bits per heavy atom. The second kappa shape index (κ2) is 6.41. The second-order valence-corrected chi connectivity index (χ2v) is 2.57. The van der Waals surface area contributed by atoms with Crippen LogP contribution in [0.1, 0.15) is 12.8 Å². The third kappa shape index (κ3) is 4.51. The van der Waals surface area contributed by atoms with Crippen molar-refractivity contribution in [1.82, 2.24) is 0 Å². The van der Waals surface area contributed by atoms with E-state index in [0.717, 1.165) is 12.8 Å². The molecule has 12 heavy (non-hydrogen) atoms. The van der Waals surface area contributed by atoms with E-state index < -0.39 is 0 Å². The van der Waals surface area contributed by atoms with E-state index in [9.17, 15) is 0 Å². The molecule has 62 valence electrons. The quantitative estimate of drug-likeness (QED) is 0.473. The molecular weight excluding hydrogens is 144 g/mol. The van der Waals surface area contributed by atoms with Crippen LogP contribution in [0.15, 0.2) is 60.8 Å². The van der Waals surface area contributed by atoms with E-state index in [0.29, 0.717) is 0 Å². The summed E-state index contributed by atoms with van der Waals surface area (Å²) in [7, 11) is 0. The molecule has 0 atom stereocenters. The summed E-state index contributed by atoms with van der Waals surface area (Å²) < 4.78 is 0. The maximum atomic E-state index is 2.18. The van der Waals surface area contributed by atoms with Crippen molar-refractivity contribution in [3.05, 3.63) is 60.8 Å². The molecule has 0 unspecified atom stereocenters. The van der Waals surface area contributed by atoms with Gasteiger partial charge in [0.25, 0.3) is 0 Å². The minimum Gasteiger partial charge on any atom is -0.0844 e. The molecular formula is C12H14. The van der Waals surface area contributed by atoms with Crippen molar-refractivity contribution in [2.24, 2.45) is 0 Å². The predicted octanol–water partition coefficient (Wildman–Crippen LogP) is 3.56. The zero-order chi connectivity index (χ0) is 8.49. The van der Waals surface area contributed by atoms with Crippen LogP contribution < -0.4 is 0 Å². The van der Waals surface area contributed by atoms with Gasteiger partial charge in [-0.2, -0.15) is 0 Å². The molecule has 0 heteroatoms. The summed E-state index contributed by atoms with van der Waals surface area (Å²) in [6, 6.07) is 0. The molecule has 0 saturated heterocycles. The number of rotatable bonds is 0. The molecule has 0 fully saturated rings. The van der Waals surface area contributed by atoms with E-state index in [1.165, 1.54) is 0 Å². The largest absolute Gasteiger partial charge is 0.0844 e. The summed E-state index contributed by atoms with van der Waals surface area (Å²) in [5.74, 6) is 0. The molecule has 0 spiro atoms. The zero-order valence-electron chi connectivity index (χ0n) is 7.19. The summed E-state index contributed by atoms with van der Waals surface area (Å²) >= 11 is 0. The molecule has 0 bridgehead atoms. The van der Waals surface area contributed by atoms with E-state index >= 15 is 0 Å². The minimum absolute atomic E-state index is 1.03. The SMILES string of the molecule is C1=CC/C=C\C/C=C/C=C\C=C\1. The smallest absolute Gasteiger partial charge is 0.0166 e. The molecule has 0 radical (unpaired) electrons. The van der Waals surface area contributed by atoms with E-state index in [2.05, 4.69) is 36.5 Å². The van der Waals surface area contributed by atoms with Gasteiger partial charge in [-0.3, -0.25) is 0 Å². The average Bonchev–Trinajstić information content (AvgIpc) is 2.05. The fourth-order valence-corrected chi connectivity index (χ4v) is 0.920. The lowest BCUT2D eigenvalue weighted by Gasteiger charge is -1.83. The number of allylic oxidation sites excluding steroid dienone is 10. The lowest BCUT2D eigenvalue weighted by molar-refractivity contribution is 1.31. The Labute approximate surface area is 74.3 Å². The first-order valence-electron chi connectivity index (χ1n) is 4.30. The van der Waals surface area contributed by atoms with Crippen molar-refractivity contribution < 1.29 is 0 Å². The Morgan fingerprint density at radius 1 is 0.417 bits per heavy atom. The Hall–Kier alpha value is -1.30. The molecule has 0 amide bonds. The maximum Gasteiger partial charge on any atom is -0.0166 e. The molecule has 0 aromatic heterocycles. The third-order valence-electron chi connectivity index (χ3n) is 1.54. The van der Waals surface area contributed by atoms with E-state index in [4.69, 9.17) is 0 Å². The van der Waals surface area contributed by atoms with Crippen LogP contribution in [0.25, 0.3) is 0 Å². The van der Waals surface area contributed by atoms with Gasteiger partial charge in [-0.05, 0) is 12.8 Å². The van der Waals surface area contributed by atoms with Crippen LogP contribution in [-0.4, -0.2) is 0 Å². The highest BCUT2D eigenvalue weighted by Gasteiger charge is 1.72. The Morgan fingerprint density at radius 2 is 0.833 bits per heavy atom. The van der Waals surface area contributed by atoms with Gasteiger partial charge in [0, 0.05) is 0 Å². The highest BCUT2D eigenvalue weighted by molar-refractivity contribution is 5.16. The van der Waals surface area contributed by atoms with Gasteiger partial charge >= 0.3 is 0 Å². The molecule has 0 aliphatic heterocycles. The van der Waals surface area contributed by atoms with Gasteiger partial charge in [0.05, 0.1) is 0 Å². The molecule has 0 aromatic carbocycles. The van der Waals surface area contributed by atoms with Crippen molar-refractivity contribution in [3.8, 4) is 0 Å². The third-order valence-corrected chi connectivity index (χ3v) is 1.54. The summed E-state index contributed by atoms with van der Waals surface area (Å²) in [5.41, 5.74) is 0. The molecule has 0 aromatic rings. The van der Waals surface area contributed by atoms with Crippen LogP contribution in [0.5, 0.6) is 0 Å². The molecule has 1 aliphatic carbocycles. The van der Waals surface area contributed by atoms with E-state index in [-0.39, 0.29) is 0 Å². The van der Waals surface area contributed by atoms with Crippen molar-refractivity contribution in [1.29, 1.82) is 0 Å². The first-order valence-corrected chi connectivity index (χ1v) is 4.30. The fourth-order valence-electron chi connectivity index (χ4n) is 0.920. The number of hydrogen-bond acceptors (Lipinski definition) is 0. The van der Waals surface area contributed by atoms with Crippen LogP contribution >= 0.6 is 0 Å². The summed E-state index contributed by atoms with van der Waals surface area (Å²) in [5, 5.41) is 0. The maximum absolute atomic E-state index is 2.18. The van der Waals surface area contributed by atoms with Crippen molar-refractivity contribution in [2.75, 3.05) is 0 Å². The van der Waals surface area contributed by atoms with Crippen molar-refractivity contribution >= 4 is 0 Å². The van der Waals surface area contributed by atoms with Gasteiger partial charge in [0.15, 0.2) is 0 Å². The Bertz CT molecular complexity index is 211. The van der Waals surface area contributed by atoms with E-state index in [1.54, 1.807) is 0 Å². The van der Waals surface area contributed by atoms with Gasteiger partial charge in [-0.1, -0.05) is 60.8 Å². The summed E-state index contributed by atoms with van der Waals surface area (Å²) in [4.78, 5) is 0. The summed E-state index contributed by atoms with van der Waals surface area (Å²) in [6.45, 7) is 0. The fraction of sp³-hybridized carbons (Fsp3) is 0.167. The molecule has 0 nitrogen and oxygen atoms in total. The van der Waals surface area contributed by atoms with Gasteiger partial charge in [-0.25, -0.2) is 0 Å². The first kappa shape index (κ1) is 8.79. The van der Waals surface area contributed by atoms with Gasteiger partial charge in [-0.15, -0.1) is 0 Å². The van der Waals surface area contributed by atoms with Crippen LogP contribution in [0, 0.1) is 0 Å². The zero-order valence-corrected chi connectivity index (χ0v) is 7.19. The molecule has 1 aliphatic rings. The Balaban J connectivity index is 2.55. The molecule has 0 heterocycles. The van der Waals surface area contributed by atoms with Crippen LogP contribution in [-0.2, 0) is 0 Å². The van der Waals surface area contributed by atoms with Crippen LogP contribution in [0.4, 0.5) is 0 Å². The second-order valence-electron chi connectivity index (χ2n) is 2.57. The standard InChI is InChI=1S/C12H14/c1-2-4-6-8-10-12-11-9-7-5-3-1/h1-8,11-12H,9-10H2/b3-1-,4-2+,7-5+,8-6?,12-11-. The summed E-state index contributed by atoms with van der Waals surface area (Å²) in [6.07, 6.45) is 23.0. The average molecular weight is 158 g/mol. The lowest BCUT2D eigenvalue weighted by atomic mass is 10.2. The first-order chi connectivity index (χ1) is 6.00. The highest BCUT2D eigenvalue weighted by Crippen LogP contribution is 1.93. The molecule has 0 N–H and O–H groups in total. The molecule has 0 saturated carbocycles. The van der Waals surface area contributed by atoms with Crippen LogP contribution in [0.2, 0.25) is 0 Å². The van der Waals surface area contributed by atoms with Gasteiger partial charge < -0.3 is 0 Å². The van der Waals surface area contributed by atoms with Gasteiger partial charge in [0.1, 0.15) is 0 Å². The minimum atomic E-state index is 1.03. The van der Waals surface area contributed by atoms with E-state index in [1.807, 2.05) is 24.3 Å². The van der Waals surface area contributed by atoms with Crippen molar-refractivity contribution in [3.63, 3.8) is 0 Å². The predicted molar refractivity (Wildman–Crippen MR) is 54.9 cm³/mol. The monoisotopic (exact) mass is 158 g/mol.